The lowest BCUT2D eigenvalue weighted by Crippen LogP contribution is -1.85. The predicted octanol–water partition coefficient (Wildman–Crippen LogP) is 4.05. The minimum atomic E-state index is 0.661. The summed E-state index contributed by atoms with van der Waals surface area (Å²) in [5.41, 5.74) is 4.86. The van der Waals surface area contributed by atoms with Gasteiger partial charge in [-0.2, -0.15) is 5.26 Å². The highest BCUT2D eigenvalue weighted by Gasteiger charge is 2.08. The maximum absolute atomic E-state index is 8.81. The topological polar surface area (TPSA) is 49.6 Å². The molecule has 1 aromatic carbocycles. The Hall–Kier alpha value is -2.51. The van der Waals surface area contributed by atoms with E-state index in [0.29, 0.717) is 5.56 Å². The van der Waals surface area contributed by atoms with E-state index in [-0.39, 0.29) is 0 Å². The number of nitriles is 1. The van der Waals surface area contributed by atoms with Crippen molar-refractivity contribution >= 4 is 11.3 Å². The Kier molecular flexibility index (Phi) is 3.28. The van der Waals surface area contributed by atoms with Gasteiger partial charge < -0.3 is 0 Å². The van der Waals surface area contributed by atoms with Gasteiger partial charge in [-0.1, -0.05) is 12.1 Å². The summed E-state index contributed by atoms with van der Waals surface area (Å²) in [4.78, 5) is 8.82. The van der Waals surface area contributed by atoms with Crippen LogP contribution in [0.4, 0.5) is 0 Å². The van der Waals surface area contributed by atoms with E-state index >= 15 is 0 Å². The van der Waals surface area contributed by atoms with Crippen LogP contribution in [-0.4, -0.2) is 9.97 Å². The van der Waals surface area contributed by atoms with Gasteiger partial charge in [-0.15, -0.1) is 11.3 Å². The molecule has 0 bridgehead atoms. The first-order valence-electron chi connectivity index (χ1n) is 6.15. The summed E-state index contributed by atoms with van der Waals surface area (Å²) in [5, 5.41) is 11.8. The van der Waals surface area contributed by atoms with Gasteiger partial charge in [0.25, 0.3) is 0 Å². The zero-order valence-corrected chi connectivity index (χ0v) is 11.7. The predicted molar refractivity (Wildman–Crippen MR) is 80.2 cm³/mol. The summed E-state index contributed by atoms with van der Waals surface area (Å²) in [7, 11) is 0. The molecule has 0 aliphatic heterocycles. The number of aryl methyl sites for hydroxylation is 1. The molecule has 0 fully saturated rings. The molecule has 0 amide bonds. The molecule has 20 heavy (non-hydrogen) atoms. The van der Waals surface area contributed by atoms with Gasteiger partial charge in [0, 0.05) is 28.9 Å². The highest BCUT2D eigenvalue weighted by Crippen LogP contribution is 2.29. The Morgan fingerprint density at radius 2 is 1.95 bits per heavy atom. The minimum absolute atomic E-state index is 0.661. The Balaban J connectivity index is 1.98. The number of nitrogens with zero attached hydrogens (tertiary/aromatic N) is 3. The number of hydrogen-bond acceptors (Lipinski definition) is 4. The second-order valence-electron chi connectivity index (χ2n) is 4.42. The highest BCUT2D eigenvalue weighted by molar-refractivity contribution is 7.13. The van der Waals surface area contributed by atoms with Gasteiger partial charge in [-0.3, -0.25) is 4.98 Å². The summed E-state index contributed by atoms with van der Waals surface area (Å²) in [6.45, 7) is 2.05. The monoisotopic (exact) mass is 277 g/mol. The molecule has 2 aromatic heterocycles. The van der Waals surface area contributed by atoms with E-state index in [4.69, 9.17) is 5.26 Å². The Labute approximate surface area is 121 Å². The summed E-state index contributed by atoms with van der Waals surface area (Å²) >= 11 is 1.60. The molecule has 3 nitrogen and oxygen atoms in total. The van der Waals surface area contributed by atoms with E-state index in [1.807, 2.05) is 41.9 Å². The lowest BCUT2D eigenvalue weighted by Gasteiger charge is -2.00. The Morgan fingerprint density at radius 3 is 2.65 bits per heavy atom. The number of hydrogen-bond donors (Lipinski definition) is 0. The molecule has 0 atom stereocenters. The molecule has 2 heterocycles. The van der Waals surface area contributed by atoms with Crippen molar-refractivity contribution in [3.8, 4) is 27.9 Å². The zero-order chi connectivity index (χ0) is 13.9. The molecular weight excluding hydrogens is 266 g/mol. The average Bonchev–Trinajstić information content (AvgIpc) is 2.97. The Bertz CT molecular complexity index is 782. The average molecular weight is 277 g/mol. The Morgan fingerprint density at radius 1 is 1.15 bits per heavy atom. The summed E-state index contributed by atoms with van der Waals surface area (Å²) < 4.78 is 0. The lowest BCUT2D eigenvalue weighted by molar-refractivity contribution is 1.27. The van der Waals surface area contributed by atoms with Crippen LogP contribution in [0.3, 0.4) is 0 Å². The van der Waals surface area contributed by atoms with Crippen molar-refractivity contribution < 1.29 is 0 Å². The standard InChI is InChI=1S/C16H11N3S/c1-11-6-7-18-9-14(11)15-10-20-16(19-15)13-4-2-12(8-17)3-5-13/h2-7,9-10H,1H3. The normalized spacial score (nSPS) is 10.2. The molecule has 0 saturated heterocycles. The van der Waals surface area contributed by atoms with Crippen molar-refractivity contribution in [2.45, 2.75) is 6.92 Å². The highest BCUT2D eigenvalue weighted by atomic mass is 32.1. The SMILES string of the molecule is Cc1ccncc1-c1csc(-c2ccc(C#N)cc2)n1. The molecule has 0 radical (unpaired) electrons. The molecule has 3 rings (SSSR count). The molecule has 0 spiro atoms. The molecule has 0 saturated carbocycles. The van der Waals surface area contributed by atoms with Crippen LogP contribution in [0, 0.1) is 18.3 Å². The fourth-order valence-electron chi connectivity index (χ4n) is 1.95. The lowest BCUT2D eigenvalue weighted by atomic mass is 10.1. The largest absolute Gasteiger partial charge is 0.264 e. The fraction of sp³-hybridized carbons (Fsp3) is 0.0625. The summed E-state index contributed by atoms with van der Waals surface area (Å²) in [6, 6.07) is 11.6. The van der Waals surface area contributed by atoms with E-state index in [0.717, 1.165) is 27.4 Å². The molecular formula is C16H11N3S. The van der Waals surface area contributed by atoms with E-state index in [9.17, 15) is 0 Å². The molecule has 4 heteroatoms. The molecule has 0 N–H and O–H groups in total. The van der Waals surface area contributed by atoms with Crippen molar-refractivity contribution in [2.75, 3.05) is 0 Å². The van der Waals surface area contributed by atoms with Crippen LogP contribution >= 0.6 is 11.3 Å². The van der Waals surface area contributed by atoms with Gasteiger partial charge in [0.1, 0.15) is 5.01 Å². The van der Waals surface area contributed by atoms with Crippen LogP contribution in [0.25, 0.3) is 21.8 Å². The van der Waals surface area contributed by atoms with Gasteiger partial charge >= 0.3 is 0 Å². The smallest absolute Gasteiger partial charge is 0.124 e. The number of aromatic nitrogens is 2. The zero-order valence-electron chi connectivity index (χ0n) is 10.9. The van der Waals surface area contributed by atoms with Crippen LogP contribution in [0.2, 0.25) is 0 Å². The second kappa shape index (κ2) is 5.24. The van der Waals surface area contributed by atoms with Crippen LogP contribution in [0.15, 0.2) is 48.1 Å². The van der Waals surface area contributed by atoms with Gasteiger partial charge in [-0.25, -0.2) is 4.98 Å². The number of benzene rings is 1. The third-order valence-electron chi connectivity index (χ3n) is 3.08. The van der Waals surface area contributed by atoms with Gasteiger partial charge in [0.05, 0.1) is 17.3 Å². The first-order chi connectivity index (χ1) is 9.78. The molecule has 3 aromatic rings. The van der Waals surface area contributed by atoms with E-state index in [1.165, 1.54) is 0 Å². The summed E-state index contributed by atoms with van der Waals surface area (Å²) in [5.74, 6) is 0. The molecule has 0 aliphatic rings. The molecule has 0 unspecified atom stereocenters. The maximum atomic E-state index is 8.81. The second-order valence-corrected chi connectivity index (χ2v) is 5.28. The minimum Gasteiger partial charge on any atom is -0.264 e. The van der Waals surface area contributed by atoms with Crippen LogP contribution in [0.1, 0.15) is 11.1 Å². The summed E-state index contributed by atoms with van der Waals surface area (Å²) in [6.07, 6.45) is 3.62. The quantitative estimate of drug-likeness (QED) is 0.710. The van der Waals surface area contributed by atoms with Crippen molar-refractivity contribution in [2.24, 2.45) is 0 Å². The fourth-order valence-corrected chi connectivity index (χ4v) is 2.78. The van der Waals surface area contributed by atoms with Crippen LogP contribution < -0.4 is 0 Å². The van der Waals surface area contributed by atoms with E-state index in [1.54, 1.807) is 17.5 Å². The third-order valence-corrected chi connectivity index (χ3v) is 3.97. The van der Waals surface area contributed by atoms with Crippen LogP contribution in [-0.2, 0) is 0 Å². The van der Waals surface area contributed by atoms with Crippen molar-refractivity contribution in [3.63, 3.8) is 0 Å². The van der Waals surface area contributed by atoms with Crippen molar-refractivity contribution in [1.29, 1.82) is 5.26 Å². The third kappa shape index (κ3) is 2.31. The maximum Gasteiger partial charge on any atom is 0.124 e. The molecule has 0 aliphatic carbocycles. The first kappa shape index (κ1) is 12.5. The van der Waals surface area contributed by atoms with Gasteiger partial charge in [0.2, 0.25) is 0 Å². The van der Waals surface area contributed by atoms with Gasteiger partial charge in [-0.05, 0) is 30.7 Å². The van der Waals surface area contributed by atoms with E-state index < -0.39 is 0 Å². The number of pyridine rings is 1. The van der Waals surface area contributed by atoms with Gasteiger partial charge in [0.15, 0.2) is 0 Å². The number of rotatable bonds is 2. The van der Waals surface area contributed by atoms with E-state index in [2.05, 4.69) is 23.0 Å². The van der Waals surface area contributed by atoms with Crippen molar-refractivity contribution in [3.05, 3.63) is 59.2 Å². The van der Waals surface area contributed by atoms with Crippen LogP contribution in [0.5, 0.6) is 0 Å². The molecule has 96 valence electrons. The number of thiazole rings is 1. The first-order valence-corrected chi connectivity index (χ1v) is 7.03. The van der Waals surface area contributed by atoms with Crippen molar-refractivity contribution in [1.82, 2.24) is 9.97 Å².